The Morgan fingerprint density at radius 3 is 1.97 bits per heavy atom. The van der Waals surface area contributed by atoms with Crippen molar-refractivity contribution in [2.75, 3.05) is 20.2 Å². The number of ether oxygens (including phenoxy) is 1. The highest BCUT2D eigenvalue weighted by Crippen LogP contribution is 2.52. The van der Waals surface area contributed by atoms with Gasteiger partial charge in [-0.3, -0.25) is 9.59 Å². The van der Waals surface area contributed by atoms with Gasteiger partial charge in [-0.1, -0.05) is 91.0 Å². The lowest BCUT2D eigenvalue weighted by atomic mass is 9.56. The van der Waals surface area contributed by atoms with E-state index in [1.54, 1.807) is 7.11 Å². The molecule has 1 heterocycles. The standard InChI is InChI=1S/C29H29NO3/c1-33-27(21-11-5-2-6-12-21)28(32)30-19-24-25(20-30)29(18-17-26(24)31,22-13-7-3-8-14-22)23-15-9-4-10-16-23/h2-16,24-25,27H,17-20H2,1H3/t24-,25+,27-/m0/s1. The zero-order chi connectivity index (χ0) is 22.8. The van der Waals surface area contributed by atoms with Crippen molar-refractivity contribution in [3.05, 3.63) is 108 Å². The normalized spacial score (nSPS) is 22.6. The molecule has 0 aromatic heterocycles. The maximum absolute atomic E-state index is 13.6. The number of carbonyl (C=O) groups excluding carboxylic acids is 2. The van der Waals surface area contributed by atoms with Crippen LogP contribution in [-0.4, -0.2) is 36.8 Å². The Balaban J connectivity index is 1.54. The predicted octanol–water partition coefficient (Wildman–Crippen LogP) is 4.80. The Morgan fingerprint density at radius 1 is 0.879 bits per heavy atom. The van der Waals surface area contributed by atoms with Gasteiger partial charge in [0.15, 0.2) is 6.10 Å². The number of fused-ring (bicyclic) bond motifs is 1. The van der Waals surface area contributed by atoms with Gasteiger partial charge in [0.2, 0.25) is 0 Å². The summed E-state index contributed by atoms with van der Waals surface area (Å²) in [6.45, 7) is 1.00. The van der Waals surface area contributed by atoms with Crippen LogP contribution in [0.15, 0.2) is 91.0 Å². The lowest BCUT2D eigenvalue weighted by Gasteiger charge is -2.45. The van der Waals surface area contributed by atoms with Crippen LogP contribution in [0.1, 0.15) is 35.6 Å². The molecule has 1 aliphatic heterocycles. The minimum atomic E-state index is -0.663. The summed E-state index contributed by atoms with van der Waals surface area (Å²) in [6, 6.07) is 30.6. The van der Waals surface area contributed by atoms with E-state index in [9.17, 15) is 9.59 Å². The summed E-state index contributed by atoms with van der Waals surface area (Å²) in [7, 11) is 1.57. The Kier molecular flexibility index (Phi) is 5.86. The summed E-state index contributed by atoms with van der Waals surface area (Å²) >= 11 is 0. The quantitative estimate of drug-likeness (QED) is 0.574. The SMILES string of the molecule is CO[C@H](C(=O)N1C[C@@H]2C(=O)CCC(c3ccccc3)(c3ccccc3)[C@@H]2C1)c1ccccc1. The van der Waals surface area contributed by atoms with E-state index in [-0.39, 0.29) is 28.9 Å². The van der Waals surface area contributed by atoms with Crippen molar-refractivity contribution in [3.8, 4) is 0 Å². The molecule has 0 bridgehead atoms. The third-order valence-corrected chi connectivity index (χ3v) is 7.58. The molecular formula is C29H29NO3. The van der Waals surface area contributed by atoms with E-state index in [4.69, 9.17) is 4.74 Å². The zero-order valence-electron chi connectivity index (χ0n) is 18.9. The molecule has 4 heteroatoms. The summed E-state index contributed by atoms with van der Waals surface area (Å²) in [6.07, 6.45) is 0.624. The van der Waals surface area contributed by atoms with Gasteiger partial charge in [0.05, 0.1) is 0 Å². The van der Waals surface area contributed by atoms with Gasteiger partial charge in [0.25, 0.3) is 5.91 Å². The third-order valence-electron chi connectivity index (χ3n) is 7.58. The summed E-state index contributed by atoms with van der Waals surface area (Å²) < 4.78 is 5.64. The third kappa shape index (κ3) is 3.68. The number of methoxy groups -OCH3 is 1. The second kappa shape index (κ2) is 8.95. The van der Waals surface area contributed by atoms with Crippen molar-refractivity contribution < 1.29 is 14.3 Å². The average molecular weight is 440 g/mol. The molecule has 1 saturated carbocycles. The van der Waals surface area contributed by atoms with Crippen LogP contribution in [0.2, 0.25) is 0 Å². The van der Waals surface area contributed by atoms with Crippen molar-refractivity contribution >= 4 is 11.7 Å². The largest absolute Gasteiger partial charge is 0.367 e. The second-order valence-electron chi connectivity index (χ2n) is 9.15. The summed E-state index contributed by atoms with van der Waals surface area (Å²) in [5.41, 5.74) is 2.98. The molecule has 33 heavy (non-hydrogen) atoms. The highest BCUT2D eigenvalue weighted by molar-refractivity contribution is 5.87. The number of likely N-dealkylation sites (tertiary alicyclic amines) is 1. The second-order valence-corrected chi connectivity index (χ2v) is 9.15. The van der Waals surface area contributed by atoms with Crippen molar-refractivity contribution in [1.29, 1.82) is 0 Å². The first-order chi connectivity index (χ1) is 16.1. The van der Waals surface area contributed by atoms with Crippen LogP contribution in [0, 0.1) is 11.8 Å². The van der Waals surface area contributed by atoms with Crippen LogP contribution in [0.3, 0.4) is 0 Å². The Morgan fingerprint density at radius 2 is 1.42 bits per heavy atom. The van der Waals surface area contributed by atoms with Gasteiger partial charge in [-0.2, -0.15) is 0 Å². The molecule has 0 N–H and O–H groups in total. The predicted molar refractivity (Wildman–Crippen MR) is 128 cm³/mol. The summed E-state index contributed by atoms with van der Waals surface area (Å²) in [5, 5.41) is 0. The molecule has 3 atom stereocenters. The summed E-state index contributed by atoms with van der Waals surface area (Å²) in [5.74, 6) is 0.0598. The zero-order valence-corrected chi connectivity index (χ0v) is 18.9. The van der Waals surface area contributed by atoms with Crippen LogP contribution >= 0.6 is 0 Å². The van der Waals surface area contributed by atoms with Crippen molar-refractivity contribution in [2.24, 2.45) is 11.8 Å². The minimum absolute atomic E-state index is 0.0285. The van der Waals surface area contributed by atoms with Gasteiger partial charge in [-0.15, -0.1) is 0 Å². The van der Waals surface area contributed by atoms with Gasteiger partial charge in [0, 0.05) is 43.9 Å². The fourth-order valence-corrected chi connectivity index (χ4v) is 6.03. The molecule has 168 valence electrons. The highest BCUT2D eigenvalue weighted by Gasteiger charge is 2.55. The van der Waals surface area contributed by atoms with Gasteiger partial charge in [0.1, 0.15) is 5.78 Å². The number of ketones is 1. The van der Waals surface area contributed by atoms with E-state index in [0.29, 0.717) is 19.5 Å². The Bertz CT molecular complexity index is 1070. The molecule has 0 spiro atoms. The fourth-order valence-electron chi connectivity index (χ4n) is 6.03. The Labute approximate surface area is 195 Å². The van der Waals surface area contributed by atoms with E-state index < -0.39 is 6.10 Å². The maximum atomic E-state index is 13.6. The van der Waals surface area contributed by atoms with Crippen molar-refractivity contribution in [3.63, 3.8) is 0 Å². The molecular weight excluding hydrogens is 410 g/mol. The molecule has 0 radical (unpaired) electrons. The van der Waals surface area contributed by atoms with Gasteiger partial charge < -0.3 is 9.64 Å². The molecule has 1 saturated heterocycles. The lowest BCUT2D eigenvalue weighted by molar-refractivity contribution is -0.141. The number of rotatable bonds is 5. The van der Waals surface area contributed by atoms with Gasteiger partial charge in [-0.25, -0.2) is 0 Å². The number of amides is 1. The first-order valence-corrected chi connectivity index (χ1v) is 11.7. The molecule has 4 nitrogen and oxygen atoms in total. The van der Waals surface area contributed by atoms with Crippen molar-refractivity contribution in [1.82, 2.24) is 4.90 Å². The van der Waals surface area contributed by atoms with Crippen LogP contribution in [0.4, 0.5) is 0 Å². The molecule has 3 aromatic rings. The van der Waals surface area contributed by atoms with Crippen molar-refractivity contribution in [2.45, 2.75) is 24.4 Å². The lowest BCUT2D eigenvalue weighted by Crippen LogP contribution is -2.47. The molecule has 2 fully saturated rings. The fraction of sp³-hybridized carbons (Fsp3) is 0.310. The van der Waals surface area contributed by atoms with Crippen LogP contribution in [0.5, 0.6) is 0 Å². The monoisotopic (exact) mass is 439 g/mol. The molecule has 0 unspecified atom stereocenters. The number of nitrogens with zero attached hydrogens (tertiary/aromatic N) is 1. The van der Waals surface area contributed by atoms with E-state index in [2.05, 4.69) is 48.5 Å². The van der Waals surface area contributed by atoms with E-state index >= 15 is 0 Å². The first kappa shape index (κ1) is 21.6. The topological polar surface area (TPSA) is 46.6 Å². The van der Waals surface area contributed by atoms with E-state index in [1.165, 1.54) is 11.1 Å². The minimum Gasteiger partial charge on any atom is -0.367 e. The molecule has 5 rings (SSSR count). The molecule has 3 aromatic carbocycles. The first-order valence-electron chi connectivity index (χ1n) is 11.7. The number of hydrogen-bond donors (Lipinski definition) is 0. The molecule has 1 amide bonds. The smallest absolute Gasteiger partial charge is 0.256 e. The van der Waals surface area contributed by atoms with Crippen LogP contribution in [0.25, 0.3) is 0 Å². The summed E-state index contributed by atoms with van der Waals surface area (Å²) in [4.78, 5) is 28.6. The van der Waals surface area contributed by atoms with E-state index in [0.717, 1.165) is 12.0 Å². The highest BCUT2D eigenvalue weighted by atomic mass is 16.5. The van der Waals surface area contributed by atoms with Crippen LogP contribution in [-0.2, 0) is 19.7 Å². The average Bonchev–Trinajstić information content (AvgIpc) is 3.34. The van der Waals surface area contributed by atoms with Gasteiger partial charge in [-0.05, 0) is 23.1 Å². The number of benzene rings is 3. The number of carbonyl (C=O) groups is 2. The molecule has 1 aliphatic carbocycles. The van der Waals surface area contributed by atoms with Gasteiger partial charge >= 0.3 is 0 Å². The van der Waals surface area contributed by atoms with E-state index in [1.807, 2.05) is 47.4 Å². The van der Waals surface area contributed by atoms with Crippen LogP contribution < -0.4 is 0 Å². The Hall–Kier alpha value is -3.24. The molecule has 2 aliphatic rings. The number of Topliss-reactive ketones (excluding diaryl/α,β-unsaturated/α-hetero) is 1. The number of hydrogen-bond acceptors (Lipinski definition) is 3. The maximum Gasteiger partial charge on any atom is 0.256 e.